The zero-order valence-electron chi connectivity index (χ0n) is 9.70. The Labute approximate surface area is 102 Å². The van der Waals surface area contributed by atoms with Gasteiger partial charge in [0.1, 0.15) is 0 Å². The Balaban J connectivity index is 2.47. The third kappa shape index (κ3) is 4.23. The second kappa shape index (κ2) is 6.54. The first kappa shape index (κ1) is 13.0. The van der Waals surface area contributed by atoms with Crippen molar-refractivity contribution < 1.29 is 9.53 Å². The van der Waals surface area contributed by atoms with Gasteiger partial charge in [-0.25, -0.2) is 4.79 Å². The molecule has 0 fully saturated rings. The topological polar surface area (TPSA) is 26.3 Å². The van der Waals surface area contributed by atoms with Crippen molar-refractivity contribution in [2.75, 3.05) is 6.61 Å². The van der Waals surface area contributed by atoms with Crippen molar-refractivity contribution >= 4 is 17.6 Å². The van der Waals surface area contributed by atoms with Crippen LogP contribution in [0.4, 0.5) is 0 Å². The molecule has 1 aromatic rings. The summed E-state index contributed by atoms with van der Waals surface area (Å²) in [5, 5.41) is 0.552. The van der Waals surface area contributed by atoms with Crippen molar-refractivity contribution in [1.82, 2.24) is 0 Å². The number of carbonyl (C=O) groups is 1. The second-order valence-electron chi connectivity index (χ2n) is 4.00. The molecule has 1 rings (SSSR count). The van der Waals surface area contributed by atoms with Crippen LogP contribution in [0, 0.1) is 5.92 Å². The molecule has 1 atom stereocenters. The summed E-state index contributed by atoms with van der Waals surface area (Å²) in [4.78, 5) is 11.6. The highest BCUT2D eigenvalue weighted by molar-refractivity contribution is 6.30. The van der Waals surface area contributed by atoms with Crippen LogP contribution in [0.5, 0.6) is 0 Å². The van der Waals surface area contributed by atoms with E-state index in [2.05, 4.69) is 13.8 Å². The molecule has 0 aliphatic rings. The predicted octanol–water partition coefficient (Wildman–Crippen LogP) is 3.93. The van der Waals surface area contributed by atoms with Crippen LogP contribution in [0.1, 0.15) is 37.0 Å². The molecule has 0 aromatic heterocycles. The first-order valence-electron chi connectivity index (χ1n) is 5.56. The maximum Gasteiger partial charge on any atom is 0.338 e. The molecule has 1 unspecified atom stereocenters. The van der Waals surface area contributed by atoms with E-state index in [-0.39, 0.29) is 5.97 Å². The maximum atomic E-state index is 11.6. The molecule has 0 saturated carbocycles. The monoisotopic (exact) mass is 240 g/mol. The number of hydrogen-bond donors (Lipinski definition) is 0. The minimum Gasteiger partial charge on any atom is -0.462 e. The number of hydrogen-bond acceptors (Lipinski definition) is 2. The van der Waals surface area contributed by atoms with Crippen molar-refractivity contribution in [3.8, 4) is 0 Å². The predicted molar refractivity (Wildman–Crippen MR) is 65.8 cm³/mol. The molecule has 0 radical (unpaired) electrons. The van der Waals surface area contributed by atoms with Gasteiger partial charge in [0.05, 0.1) is 12.2 Å². The molecule has 0 heterocycles. The van der Waals surface area contributed by atoms with Gasteiger partial charge in [-0.1, -0.05) is 37.9 Å². The Bertz CT molecular complexity index is 350. The molecule has 0 aliphatic carbocycles. The molecule has 1 aromatic carbocycles. The van der Waals surface area contributed by atoms with E-state index >= 15 is 0 Å². The zero-order valence-corrected chi connectivity index (χ0v) is 10.5. The third-order valence-electron chi connectivity index (χ3n) is 2.34. The van der Waals surface area contributed by atoms with Crippen LogP contribution < -0.4 is 0 Å². The molecule has 3 heteroatoms. The van der Waals surface area contributed by atoms with Crippen molar-refractivity contribution in [1.29, 1.82) is 0 Å². The molecule has 0 N–H and O–H groups in total. The summed E-state index contributed by atoms with van der Waals surface area (Å²) in [7, 11) is 0. The Morgan fingerprint density at radius 2 is 2.25 bits per heavy atom. The second-order valence-corrected chi connectivity index (χ2v) is 4.44. The van der Waals surface area contributed by atoms with Gasteiger partial charge in [0.15, 0.2) is 0 Å². The fourth-order valence-electron chi connectivity index (χ4n) is 1.49. The quantitative estimate of drug-likeness (QED) is 0.729. The fraction of sp³-hybridized carbons (Fsp3) is 0.462. The molecule has 0 amide bonds. The summed E-state index contributed by atoms with van der Waals surface area (Å²) in [6.07, 6.45) is 2.18. The maximum absolute atomic E-state index is 11.6. The highest BCUT2D eigenvalue weighted by atomic mass is 35.5. The van der Waals surface area contributed by atoms with Crippen LogP contribution in [-0.2, 0) is 4.74 Å². The lowest BCUT2D eigenvalue weighted by Gasteiger charge is -2.10. The first-order chi connectivity index (χ1) is 7.63. The lowest BCUT2D eigenvalue weighted by atomic mass is 10.1. The Hall–Kier alpha value is -1.02. The van der Waals surface area contributed by atoms with Gasteiger partial charge >= 0.3 is 5.97 Å². The molecule has 0 aliphatic heterocycles. The molecule has 16 heavy (non-hydrogen) atoms. The van der Waals surface area contributed by atoms with Crippen molar-refractivity contribution in [2.24, 2.45) is 5.92 Å². The van der Waals surface area contributed by atoms with Gasteiger partial charge < -0.3 is 4.74 Å². The third-order valence-corrected chi connectivity index (χ3v) is 2.58. The van der Waals surface area contributed by atoms with E-state index in [9.17, 15) is 4.79 Å². The van der Waals surface area contributed by atoms with E-state index in [4.69, 9.17) is 16.3 Å². The summed E-state index contributed by atoms with van der Waals surface area (Å²) in [5.74, 6) is 0.110. The van der Waals surface area contributed by atoms with Crippen LogP contribution >= 0.6 is 11.6 Å². The highest BCUT2D eigenvalue weighted by Crippen LogP contribution is 2.12. The van der Waals surface area contributed by atoms with Gasteiger partial charge in [-0.3, -0.25) is 0 Å². The summed E-state index contributed by atoms with van der Waals surface area (Å²) in [6, 6.07) is 6.81. The largest absolute Gasteiger partial charge is 0.462 e. The molecule has 0 spiro atoms. The summed E-state index contributed by atoms with van der Waals surface area (Å²) in [5.41, 5.74) is 0.510. The van der Waals surface area contributed by atoms with E-state index in [1.165, 1.54) is 0 Å². The summed E-state index contributed by atoms with van der Waals surface area (Å²) < 4.78 is 5.20. The van der Waals surface area contributed by atoms with Gasteiger partial charge in [-0.15, -0.1) is 0 Å². The number of ether oxygens (including phenoxy) is 1. The number of rotatable bonds is 5. The summed E-state index contributed by atoms with van der Waals surface area (Å²) in [6.45, 7) is 4.67. The molecular weight excluding hydrogens is 224 g/mol. The number of halogens is 1. The van der Waals surface area contributed by atoms with Gasteiger partial charge in [0.25, 0.3) is 0 Å². The molecule has 0 bridgehead atoms. The normalized spacial score (nSPS) is 12.2. The van der Waals surface area contributed by atoms with Crippen LogP contribution in [-0.4, -0.2) is 12.6 Å². The molecule has 88 valence electrons. The van der Waals surface area contributed by atoms with E-state index < -0.39 is 0 Å². The van der Waals surface area contributed by atoms with Crippen LogP contribution in [0.2, 0.25) is 5.02 Å². The number of esters is 1. The molecular formula is C13H17ClO2. The highest BCUT2D eigenvalue weighted by Gasteiger charge is 2.09. The van der Waals surface area contributed by atoms with Crippen LogP contribution in [0.3, 0.4) is 0 Å². The number of benzene rings is 1. The minimum atomic E-state index is -0.301. The standard InChI is InChI=1S/C13H17ClO2/c1-3-5-10(2)9-16-13(15)11-6-4-7-12(14)8-11/h4,6-8,10H,3,5,9H2,1-2H3. The molecule has 2 nitrogen and oxygen atoms in total. The number of carbonyl (C=O) groups excluding carboxylic acids is 1. The fourth-order valence-corrected chi connectivity index (χ4v) is 1.68. The van der Waals surface area contributed by atoms with Crippen molar-refractivity contribution in [3.63, 3.8) is 0 Å². The Morgan fingerprint density at radius 1 is 1.50 bits per heavy atom. The van der Waals surface area contributed by atoms with Crippen LogP contribution in [0.15, 0.2) is 24.3 Å². The van der Waals surface area contributed by atoms with Gasteiger partial charge in [0, 0.05) is 5.02 Å². The van der Waals surface area contributed by atoms with Crippen molar-refractivity contribution in [3.05, 3.63) is 34.9 Å². The Kier molecular flexibility index (Phi) is 5.33. The van der Waals surface area contributed by atoms with Gasteiger partial charge in [-0.05, 0) is 30.5 Å². The average molecular weight is 241 g/mol. The van der Waals surface area contributed by atoms with Crippen molar-refractivity contribution in [2.45, 2.75) is 26.7 Å². The molecule has 0 saturated heterocycles. The van der Waals surface area contributed by atoms with Gasteiger partial charge in [0.2, 0.25) is 0 Å². The zero-order chi connectivity index (χ0) is 12.0. The minimum absolute atomic E-state index is 0.301. The lowest BCUT2D eigenvalue weighted by Crippen LogP contribution is -2.12. The SMILES string of the molecule is CCCC(C)COC(=O)c1cccc(Cl)c1. The van der Waals surface area contributed by atoms with E-state index in [0.717, 1.165) is 12.8 Å². The first-order valence-corrected chi connectivity index (χ1v) is 5.94. The van der Waals surface area contributed by atoms with E-state index in [0.29, 0.717) is 23.1 Å². The average Bonchev–Trinajstić information content (AvgIpc) is 2.26. The summed E-state index contributed by atoms with van der Waals surface area (Å²) >= 11 is 5.79. The Morgan fingerprint density at radius 3 is 2.88 bits per heavy atom. The smallest absolute Gasteiger partial charge is 0.338 e. The van der Waals surface area contributed by atoms with Gasteiger partial charge in [-0.2, -0.15) is 0 Å². The lowest BCUT2D eigenvalue weighted by molar-refractivity contribution is 0.0443. The van der Waals surface area contributed by atoms with E-state index in [1.807, 2.05) is 0 Å². The van der Waals surface area contributed by atoms with E-state index in [1.54, 1.807) is 24.3 Å². The van der Waals surface area contributed by atoms with Crippen LogP contribution in [0.25, 0.3) is 0 Å².